The number of nitrogens with zero attached hydrogens (tertiary/aromatic N) is 2. The lowest BCUT2D eigenvalue weighted by molar-refractivity contribution is -0.142. The van der Waals surface area contributed by atoms with Gasteiger partial charge in [-0.15, -0.1) is 11.3 Å². The van der Waals surface area contributed by atoms with E-state index in [1.54, 1.807) is 19.1 Å². The molecule has 0 unspecified atom stereocenters. The van der Waals surface area contributed by atoms with Crippen LogP contribution in [0, 0.1) is 13.8 Å². The number of hydrogen-bond donors (Lipinski definition) is 0. The number of amides is 2. The third-order valence-electron chi connectivity index (χ3n) is 4.39. The van der Waals surface area contributed by atoms with Crippen molar-refractivity contribution in [2.75, 3.05) is 29.5 Å². The summed E-state index contributed by atoms with van der Waals surface area (Å²) in [5.74, 6) is -1.12. The molecule has 0 saturated heterocycles. The summed E-state index contributed by atoms with van der Waals surface area (Å²) < 4.78 is 5.49. The number of anilines is 2. The second-order valence-corrected chi connectivity index (χ2v) is 7.92. The van der Waals surface area contributed by atoms with Crippen LogP contribution >= 0.6 is 22.9 Å². The zero-order valence-corrected chi connectivity index (χ0v) is 16.8. The monoisotopic (exact) mass is 406 g/mol. The largest absolute Gasteiger partial charge is 0.465 e. The molecular weight excluding hydrogens is 388 g/mol. The molecule has 1 aromatic carbocycles. The molecule has 1 aliphatic rings. The first-order valence-corrected chi connectivity index (χ1v) is 9.65. The molecule has 6 nitrogen and oxygen atoms in total. The molecule has 0 fully saturated rings. The summed E-state index contributed by atoms with van der Waals surface area (Å²) in [5, 5.41) is 0. The topological polar surface area (TPSA) is 66.9 Å². The van der Waals surface area contributed by atoms with Gasteiger partial charge >= 0.3 is 5.97 Å². The van der Waals surface area contributed by atoms with E-state index in [1.165, 1.54) is 21.1 Å². The van der Waals surface area contributed by atoms with Crippen LogP contribution in [-0.4, -0.2) is 37.5 Å². The van der Waals surface area contributed by atoms with Crippen molar-refractivity contribution in [2.45, 2.75) is 20.8 Å². The molecule has 142 valence electrons. The molecule has 8 heteroatoms. The van der Waals surface area contributed by atoms with Crippen LogP contribution in [-0.2, 0) is 14.3 Å². The van der Waals surface area contributed by atoms with E-state index in [9.17, 15) is 14.4 Å². The van der Waals surface area contributed by atoms with Gasteiger partial charge in [-0.25, -0.2) is 0 Å². The molecule has 0 N–H and O–H groups in total. The number of carbonyl (C=O) groups excluding carboxylic acids is 3. The third-order valence-corrected chi connectivity index (χ3v) is 5.61. The normalized spacial score (nSPS) is 13.6. The van der Waals surface area contributed by atoms with Crippen LogP contribution in [0.1, 0.15) is 27.7 Å². The van der Waals surface area contributed by atoms with Gasteiger partial charge in [0.1, 0.15) is 13.1 Å². The third kappa shape index (κ3) is 3.84. The van der Waals surface area contributed by atoms with E-state index in [4.69, 9.17) is 16.3 Å². The highest BCUT2D eigenvalue weighted by atomic mass is 35.5. The predicted octanol–water partition coefficient (Wildman–Crippen LogP) is 3.57. The highest BCUT2D eigenvalue weighted by Gasteiger charge is 2.35. The van der Waals surface area contributed by atoms with Gasteiger partial charge in [0.2, 0.25) is 5.91 Å². The number of fused-ring (bicyclic) bond motifs is 1. The van der Waals surface area contributed by atoms with Gasteiger partial charge < -0.3 is 4.74 Å². The Morgan fingerprint density at radius 1 is 1.19 bits per heavy atom. The van der Waals surface area contributed by atoms with Crippen LogP contribution in [0.4, 0.5) is 11.4 Å². The minimum Gasteiger partial charge on any atom is -0.465 e. The van der Waals surface area contributed by atoms with Gasteiger partial charge in [0, 0.05) is 0 Å². The maximum absolute atomic E-state index is 13.0. The number of esters is 1. The van der Waals surface area contributed by atoms with Crippen molar-refractivity contribution >= 4 is 52.1 Å². The Labute approximate surface area is 166 Å². The number of ether oxygens (including phenoxy) is 1. The summed E-state index contributed by atoms with van der Waals surface area (Å²) >= 11 is 7.12. The Morgan fingerprint density at radius 3 is 2.44 bits per heavy atom. The average molecular weight is 407 g/mol. The zero-order valence-electron chi connectivity index (χ0n) is 15.2. The van der Waals surface area contributed by atoms with E-state index in [2.05, 4.69) is 0 Å². The van der Waals surface area contributed by atoms with Gasteiger partial charge in [-0.2, -0.15) is 0 Å². The summed E-state index contributed by atoms with van der Waals surface area (Å²) in [7, 11) is 0. The molecule has 0 spiro atoms. The van der Waals surface area contributed by atoms with E-state index >= 15 is 0 Å². The van der Waals surface area contributed by atoms with E-state index in [-0.39, 0.29) is 31.5 Å². The van der Waals surface area contributed by atoms with Crippen molar-refractivity contribution < 1.29 is 19.1 Å². The Bertz CT molecular complexity index is 924. The van der Waals surface area contributed by atoms with Gasteiger partial charge in [-0.1, -0.05) is 11.6 Å². The number of aryl methyl sites for hydroxylation is 2. The minimum absolute atomic E-state index is 0.150. The first-order chi connectivity index (χ1) is 12.8. The van der Waals surface area contributed by atoms with E-state index in [0.717, 1.165) is 11.1 Å². The van der Waals surface area contributed by atoms with Crippen LogP contribution in [0.25, 0.3) is 0 Å². The van der Waals surface area contributed by atoms with Crippen molar-refractivity contribution in [3.05, 3.63) is 44.6 Å². The number of carbonyl (C=O) groups is 3. The lowest BCUT2D eigenvalue weighted by Gasteiger charge is -2.36. The van der Waals surface area contributed by atoms with Gasteiger partial charge in [0.15, 0.2) is 0 Å². The average Bonchev–Trinajstić information content (AvgIpc) is 3.05. The Balaban J connectivity index is 2.03. The molecule has 27 heavy (non-hydrogen) atoms. The van der Waals surface area contributed by atoms with Gasteiger partial charge in [0.05, 0.1) is 27.2 Å². The number of halogens is 1. The van der Waals surface area contributed by atoms with Crippen LogP contribution in [0.3, 0.4) is 0 Å². The molecule has 1 aromatic heterocycles. The molecule has 0 saturated carbocycles. The van der Waals surface area contributed by atoms with Crippen LogP contribution in [0.15, 0.2) is 24.3 Å². The Hall–Kier alpha value is -2.38. The van der Waals surface area contributed by atoms with Crippen molar-refractivity contribution in [1.29, 1.82) is 0 Å². The van der Waals surface area contributed by atoms with Crippen LogP contribution < -0.4 is 9.80 Å². The molecule has 2 amide bonds. The molecule has 2 heterocycles. The fourth-order valence-corrected chi connectivity index (χ4v) is 3.90. The highest BCUT2D eigenvalue weighted by Crippen LogP contribution is 2.37. The molecule has 3 rings (SSSR count). The number of benzene rings is 1. The summed E-state index contributed by atoms with van der Waals surface area (Å²) in [4.78, 5) is 40.9. The van der Waals surface area contributed by atoms with Crippen molar-refractivity contribution in [2.24, 2.45) is 0 Å². The molecule has 1 aliphatic heterocycles. The summed E-state index contributed by atoms with van der Waals surface area (Å²) in [6, 6.07) is 6.98. The second kappa shape index (κ2) is 7.70. The van der Waals surface area contributed by atoms with E-state index in [1.807, 2.05) is 26.0 Å². The number of rotatable bonds is 4. The summed E-state index contributed by atoms with van der Waals surface area (Å²) in [6.45, 7) is 5.47. The SMILES string of the molecule is CCOC(=O)CN1C(=O)CN(C(=O)c2ccc(Cl)s2)c2cc(C)c(C)cc21. The first kappa shape index (κ1) is 19.4. The second-order valence-electron chi connectivity index (χ2n) is 6.21. The lowest BCUT2D eigenvalue weighted by atomic mass is 10.0. The highest BCUT2D eigenvalue weighted by molar-refractivity contribution is 7.18. The summed E-state index contributed by atoms with van der Waals surface area (Å²) in [5.41, 5.74) is 3.07. The number of hydrogen-bond acceptors (Lipinski definition) is 5. The van der Waals surface area contributed by atoms with Crippen molar-refractivity contribution in [1.82, 2.24) is 0 Å². The first-order valence-electron chi connectivity index (χ1n) is 8.46. The quantitative estimate of drug-likeness (QED) is 0.728. The van der Waals surface area contributed by atoms with Gasteiger partial charge in [-0.3, -0.25) is 24.2 Å². The number of thiophene rings is 1. The molecule has 0 radical (unpaired) electrons. The molecule has 2 aromatic rings. The van der Waals surface area contributed by atoms with Crippen LogP contribution in [0.2, 0.25) is 4.34 Å². The van der Waals surface area contributed by atoms with Gasteiger partial charge in [0.25, 0.3) is 5.91 Å². The molecule has 0 bridgehead atoms. The molecule has 0 aliphatic carbocycles. The lowest BCUT2D eigenvalue weighted by Crippen LogP contribution is -2.50. The predicted molar refractivity (Wildman–Crippen MR) is 106 cm³/mol. The smallest absolute Gasteiger partial charge is 0.326 e. The van der Waals surface area contributed by atoms with Crippen LogP contribution in [0.5, 0.6) is 0 Å². The Kier molecular flexibility index (Phi) is 5.53. The fourth-order valence-electron chi connectivity index (χ4n) is 2.91. The maximum Gasteiger partial charge on any atom is 0.326 e. The standard InChI is InChI=1S/C19H19ClN2O4S/c1-4-26-18(24)10-21-13-7-11(2)12(3)8-14(13)22(9-17(21)23)19(25)15-5-6-16(20)27-15/h5-8H,4,9-10H2,1-3H3. The van der Waals surface area contributed by atoms with Crippen molar-refractivity contribution in [3.63, 3.8) is 0 Å². The molecule has 0 atom stereocenters. The fraction of sp³-hybridized carbons (Fsp3) is 0.316. The maximum atomic E-state index is 13.0. The van der Waals surface area contributed by atoms with Crippen molar-refractivity contribution in [3.8, 4) is 0 Å². The van der Waals surface area contributed by atoms with E-state index in [0.29, 0.717) is 20.6 Å². The van der Waals surface area contributed by atoms with Gasteiger partial charge in [-0.05, 0) is 56.2 Å². The molecular formula is C19H19ClN2O4S. The minimum atomic E-state index is -0.486. The summed E-state index contributed by atoms with van der Waals surface area (Å²) in [6.07, 6.45) is 0. The zero-order chi connectivity index (χ0) is 19.7. The Morgan fingerprint density at radius 2 is 1.85 bits per heavy atom. The van der Waals surface area contributed by atoms with E-state index < -0.39 is 5.97 Å².